The van der Waals surface area contributed by atoms with E-state index < -0.39 is 9.84 Å². The number of likely N-dealkylation sites (tertiary alicyclic amines) is 1. The number of rotatable bonds is 6. The molecule has 1 aliphatic heterocycles. The van der Waals surface area contributed by atoms with Crippen molar-refractivity contribution in [2.24, 2.45) is 0 Å². The van der Waals surface area contributed by atoms with Gasteiger partial charge in [-0.25, -0.2) is 8.42 Å². The zero-order chi connectivity index (χ0) is 19.6. The van der Waals surface area contributed by atoms with Crippen molar-refractivity contribution in [3.05, 3.63) is 23.4 Å². The molecular weight excluding hydrogens is 390 g/mol. The number of aromatic hydroxyl groups is 1. The molecule has 0 bridgehead atoms. The van der Waals surface area contributed by atoms with Crippen molar-refractivity contribution >= 4 is 21.4 Å². The topological polar surface area (TPSA) is 102 Å². The van der Waals surface area contributed by atoms with Crippen LogP contribution in [-0.4, -0.2) is 61.6 Å². The van der Waals surface area contributed by atoms with E-state index in [0.29, 0.717) is 30.3 Å². The summed E-state index contributed by atoms with van der Waals surface area (Å²) < 4.78 is 38.5. The van der Waals surface area contributed by atoms with Crippen LogP contribution in [0.2, 0.25) is 0 Å². The maximum atomic E-state index is 12.0. The van der Waals surface area contributed by atoms with Crippen LogP contribution >= 0.6 is 11.5 Å². The van der Waals surface area contributed by atoms with E-state index in [1.165, 1.54) is 20.5 Å². The normalized spacial score (nSPS) is 18.4. The number of piperidine rings is 1. The van der Waals surface area contributed by atoms with E-state index in [4.69, 9.17) is 9.47 Å². The molecule has 8 nitrogen and oxygen atoms in total. The molecule has 0 saturated carbocycles. The molecule has 1 aliphatic rings. The van der Waals surface area contributed by atoms with Gasteiger partial charge in [0.2, 0.25) is 5.75 Å². The van der Waals surface area contributed by atoms with E-state index in [1.54, 1.807) is 12.1 Å². The van der Waals surface area contributed by atoms with Gasteiger partial charge in [-0.2, -0.15) is 0 Å². The van der Waals surface area contributed by atoms with Crippen molar-refractivity contribution in [1.29, 1.82) is 0 Å². The summed E-state index contributed by atoms with van der Waals surface area (Å²) in [5.41, 5.74) is 1.52. The Hall–Kier alpha value is -1.91. The van der Waals surface area contributed by atoms with E-state index in [1.807, 2.05) is 0 Å². The van der Waals surface area contributed by atoms with Gasteiger partial charge in [0, 0.05) is 36.8 Å². The van der Waals surface area contributed by atoms with Crippen LogP contribution in [0, 0.1) is 0 Å². The van der Waals surface area contributed by atoms with Crippen LogP contribution in [0.25, 0.3) is 0 Å². The Balaban J connectivity index is 1.79. The number of benzene rings is 1. The molecule has 0 amide bonds. The lowest BCUT2D eigenvalue weighted by molar-refractivity contribution is 0.197. The Labute approximate surface area is 162 Å². The molecule has 1 saturated heterocycles. The van der Waals surface area contributed by atoms with Gasteiger partial charge in [0.05, 0.1) is 19.9 Å². The lowest BCUT2D eigenvalue weighted by Gasteiger charge is -2.32. The average Bonchev–Trinajstić information content (AvgIpc) is 3.13. The first-order valence-corrected chi connectivity index (χ1v) is 11.2. The van der Waals surface area contributed by atoms with Crippen LogP contribution in [0.1, 0.15) is 30.0 Å². The van der Waals surface area contributed by atoms with Crippen molar-refractivity contribution in [1.82, 2.24) is 14.5 Å². The van der Waals surface area contributed by atoms with Gasteiger partial charge in [-0.05, 0) is 37.1 Å². The summed E-state index contributed by atoms with van der Waals surface area (Å²) >= 11 is 0.938. The van der Waals surface area contributed by atoms with E-state index in [2.05, 4.69) is 14.5 Å². The molecule has 1 aromatic carbocycles. The minimum Gasteiger partial charge on any atom is -0.502 e. The summed E-state index contributed by atoms with van der Waals surface area (Å²) in [6.45, 7) is 2.22. The van der Waals surface area contributed by atoms with Crippen molar-refractivity contribution in [2.75, 3.05) is 33.6 Å². The highest BCUT2D eigenvalue weighted by atomic mass is 32.2. The highest BCUT2D eigenvalue weighted by molar-refractivity contribution is 7.92. The smallest absolute Gasteiger partial charge is 0.200 e. The fraction of sp³-hybridized carbons (Fsp3) is 0.529. The molecule has 0 radical (unpaired) electrons. The van der Waals surface area contributed by atoms with Gasteiger partial charge in [0.1, 0.15) is 0 Å². The first-order chi connectivity index (χ1) is 12.8. The zero-order valence-electron chi connectivity index (χ0n) is 15.5. The van der Waals surface area contributed by atoms with Crippen molar-refractivity contribution in [3.63, 3.8) is 0 Å². The van der Waals surface area contributed by atoms with Crippen LogP contribution in [0.4, 0.5) is 0 Å². The molecule has 0 aliphatic carbocycles. The van der Waals surface area contributed by atoms with Gasteiger partial charge in [-0.3, -0.25) is 4.90 Å². The molecule has 0 unspecified atom stereocenters. The molecule has 1 aromatic heterocycles. The molecule has 1 N–H and O–H groups in total. The second-order valence-electron chi connectivity index (χ2n) is 6.64. The maximum absolute atomic E-state index is 12.0. The van der Waals surface area contributed by atoms with E-state index >= 15 is 0 Å². The standard InChI is InChI=1S/C17H23N3O5S2/c1-24-13-7-11(8-14(25-2)16(13)21)9-20-6-4-5-12(10-20)15-17(26-19-18-15)27(3,22)23/h7-8,12,21H,4-6,9-10H2,1-3H3/t12-/m0/s1. The van der Waals surface area contributed by atoms with Gasteiger partial charge < -0.3 is 14.6 Å². The van der Waals surface area contributed by atoms with E-state index in [9.17, 15) is 13.5 Å². The minimum atomic E-state index is -3.32. The van der Waals surface area contributed by atoms with Gasteiger partial charge in [-0.1, -0.05) is 4.49 Å². The Morgan fingerprint density at radius 2 is 1.96 bits per heavy atom. The number of aromatic nitrogens is 2. The lowest BCUT2D eigenvalue weighted by Crippen LogP contribution is -2.34. The van der Waals surface area contributed by atoms with Crippen LogP contribution in [0.15, 0.2) is 16.3 Å². The Kier molecular flexibility index (Phi) is 5.87. The van der Waals surface area contributed by atoms with Crippen LogP contribution in [-0.2, 0) is 16.4 Å². The first-order valence-electron chi connectivity index (χ1n) is 8.52. The number of ether oxygens (including phenoxy) is 2. The predicted octanol–water partition coefficient (Wildman–Crippen LogP) is 2.04. The molecular formula is C17H23N3O5S2. The number of hydrogen-bond acceptors (Lipinski definition) is 9. The predicted molar refractivity (Wildman–Crippen MR) is 101 cm³/mol. The van der Waals surface area contributed by atoms with Crippen LogP contribution in [0.3, 0.4) is 0 Å². The van der Waals surface area contributed by atoms with Gasteiger partial charge in [0.15, 0.2) is 25.5 Å². The molecule has 2 aromatic rings. The second kappa shape index (κ2) is 7.99. The molecule has 1 fully saturated rings. The van der Waals surface area contributed by atoms with Crippen molar-refractivity contribution < 1.29 is 23.0 Å². The third-order valence-electron chi connectivity index (χ3n) is 4.66. The number of methoxy groups -OCH3 is 2. The monoisotopic (exact) mass is 413 g/mol. The quantitative estimate of drug-likeness (QED) is 0.768. The summed E-state index contributed by atoms with van der Waals surface area (Å²) in [4.78, 5) is 2.24. The van der Waals surface area contributed by atoms with E-state index in [0.717, 1.165) is 36.5 Å². The third-order valence-corrected chi connectivity index (χ3v) is 7.21. The number of nitrogens with zero attached hydrogens (tertiary/aromatic N) is 3. The average molecular weight is 414 g/mol. The summed E-state index contributed by atoms with van der Waals surface area (Å²) in [6, 6.07) is 3.57. The van der Waals surface area contributed by atoms with Gasteiger partial charge in [0.25, 0.3) is 0 Å². The third kappa shape index (κ3) is 4.33. The summed E-state index contributed by atoms with van der Waals surface area (Å²) in [5, 5.41) is 14.2. The van der Waals surface area contributed by atoms with Crippen molar-refractivity contribution in [2.45, 2.75) is 29.5 Å². The maximum Gasteiger partial charge on any atom is 0.200 e. The molecule has 2 heterocycles. The molecule has 27 heavy (non-hydrogen) atoms. The van der Waals surface area contributed by atoms with E-state index in [-0.39, 0.29) is 15.9 Å². The molecule has 0 spiro atoms. The minimum absolute atomic E-state index is 0.0217. The van der Waals surface area contributed by atoms with Gasteiger partial charge in [-0.15, -0.1) is 5.10 Å². The second-order valence-corrected chi connectivity index (χ2v) is 9.61. The zero-order valence-corrected chi connectivity index (χ0v) is 17.1. The highest BCUT2D eigenvalue weighted by Gasteiger charge is 2.29. The Bertz CT molecular complexity index is 888. The fourth-order valence-corrected chi connectivity index (χ4v) is 5.15. The number of hydrogen-bond donors (Lipinski definition) is 1. The fourth-order valence-electron chi connectivity index (χ4n) is 3.41. The largest absolute Gasteiger partial charge is 0.502 e. The Morgan fingerprint density at radius 3 is 2.56 bits per heavy atom. The lowest BCUT2D eigenvalue weighted by atomic mass is 9.95. The molecule has 1 atom stereocenters. The molecule has 10 heteroatoms. The first kappa shape index (κ1) is 19.8. The Morgan fingerprint density at radius 1 is 1.30 bits per heavy atom. The highest BCUT2D eigenvalue weighted by Crippen LogP contribution is 2.38. The van der Waals surface area contributed by atoms with Gasteiger partial charge >= 0.3 is 0 Å². The van der Waals surface area contributed by atoms with Crippen LogP contribution in [0.5, 0.6) is 17.2 Å². The molecule has 3 rings (SSSR count). The van der Waals surface area contributed by atoms with Crippen molar-refractivity contribution in [3.8, 4) is 17.2 Å². The summed E-state index contributed by atoms with van der Waals surface area (Å²) in [7, 11) is -0.330. The van der Waals surface area contributed by atoms with Crippen LogP contribution < -0.4 is 9.47 Å². The summed E-state index contributed by atoms with van der Waals surface area (Å²) in [6.07, 6.45) is 3.02. The number of phenols is 1. The number of phenolic OH excluding ortho intramolecular Hbond substituents is 1. The summed E-state index contributed by atoms with van der Waals surface area (Å²) in [5.74, 6) is 0.733. The SMILES string of the molecule is COc1cc(CN2CCC[C@H](c3nnsc3S(C)(=O)=O)C2)cc(OC)c1O. The molecule has 148 valence electrons. The number of sulfone groups is 1.